The summed E-state index contributed by atoms with van der Waals surface area (Å²) in [6, 6.07) is 39.8. The number of phosphoric ester groups is 2. The number of rotatable bonds is 42. The predicted octanol–water partition coefficient (Wildman–Crippen LogP) is 10.6. The number of urea groups is 3. The molecule has 0 aliphatic rings. The molecular weight excluding hydrogens is 2030 g/mol. The Morgan fingerprint density at radius 2 is 0.693 bits per heavy atom. The first kappa shape index (κ1) is 134. The maximum absolute atomic E-state index is 13.8. The van der Waals surface area contributed by atoms with E-state index in [0.717, 1.165) is 27.7 Å². The molecule has 54 heteroatoms. The predicted molar refractivity (Wildman–Crippen MR) is 514 cm³/mol. The first-order valence-corrected chi connectivity index (χ1v) is 45.5. The molecule has 752 valence electrons. The van der Waals surface area contributed by atoms with Gasteiger partial charge in [-0.25, -0.2) is 51.1 Å². The number of benzene rings is 6. The first-order valence-electron chi connectivity index (χ1n) is 39.0. The molecule has 0 aliphatic heterocycles. The summed E-state index contributed by atoms with van der Waals surface area (Å²) in [6.07, 6.45) is -7.31. The van der Waals surface area contributed by atoms with Crippen LogP contribution in [0.2, 0.25) is 15.1 Å². The van der Waals surface area contributed by atoms with E-state index in [2.05, 4.69) is 60.9 Å². The third-order valence-electron chi connectivity index (χ3n) is 17.5. The molecule has 137 heavy (non-hydrogen) atoms. The zero-order valence-corrected chi connectivity index (χ0v) is 86.4. The molecule has 0 spiro atoms. The number of carbonyl (C=O) groups excluding carboxylic acids is 6. The van der Waals surface area contributed by atoms with Crippen molar-refractivity contribution in [3.8, 4) is 33.8 Å². The Labute approximate surface area is 876 Å². The number of carbonyl (C=O) groups is 6. The molecule has 0 unspecified atom stereocenters. The van der Waals surface area contributed by atoms with Crippen LogP contribution in [0.25, 0.3) is 33.8 Å². The Balaban J connectivity index is -0.00000183. The zero-order chi connectivity index (χ0) is 94.8. The number of halogens is 7. The van der Waals surface area contributed by atoms with Crippen LogP contribution in [0.1, 0.15) is 85.9 Å². The monoisotopic (exact) mass is 2140 g/mol. The van der Waals surface area contributed by atoms with Crippen LogP contribution in [-0.4, -0.2) is 211 Å². The van der Waals surface area contributed by atoms with Crippen molar-refractivity contribution in [3.05, 3.63) is 213 Å². The quantitative estimate of drug-likeness (QED) is 0.00965. The average Bonchev–Trinajstić information content (AvgIpc) is 1.66. The molecule has 39 nitrogen and oxygen atoms in total. The SMILES string of the molecule is C.C.C.CCOP(=O)(Cl)OCC.CCOP(=O)(OCC)OC[C@H](O)C[C@@H](COC(=O)Nc1cc(-c2ccccc2)no1)N(C)C(=O)NCc1cccc(F)c1Cl.CN(C(=O)NCc1cccc(F)c1Cl)[C@H](COC(=O)Nc1cc(-c2ccccc2)no1)C[C@@H](O)CO.CN(C(=O)NCc1cccc(F)c1Cl)[C@H](COC(=O)Nc1cc(-c2ccccc2)no1)C[C@@H](O)COP(=O)([O-])[O-].S.S.S.[Na+].[Na+]. The van der Waals surface area contributed by atoms with Gasteiger partial charge in [0.15, 0.2) is 0 Å². The Kier molecular flexibility index (Phi) is 68.1. The minimum absolute atomic E-state index is 0. The van der Waals surface area contributed by atoms with E-state index < -0.39 is 139 Å². The summed E-state index contributed by atoms with van der Waals surface area (Å²) in [6.45, 7) is 0.792. The number of hydrogen-bond donors (Lipinski definition) is 10. The maximum atomic E-state index is 13.8. The number of nitrogens with one attached hydrogen (secondary N) is 6. The number of aliphatic hydroxyl groups excluding tert-OH is 4. The normalized spacial score (nSPS) is 11.9. The summed E-state index contributed by atoms with van der Waals surface area (Å²) in [5.74, 6) is -1.84. The van der Waals surface area contributed by atoms with Crippen molar-refractivity contribution in [2.24, 2.45) is 0 Å². The van der Waals surface area contributed by atoms with Crippen LogP contribution in [0.5, 0.6) is 0 Å². The summed E-state index contributed by atoms with van der Waals surface area (Å²) in [5.41, 5.74) is 4.82. The number of aliphatic hydroxyl groups is 4. The molecule has 10 N–H and O–H groups in total. The van der Waals surface area contributed by atoms with Gasteiger partial charge in [0.05, 0.1) is 106 Å². The minimum Gasteiger partial charge on any atom is -0.790 e. The van der Waals surface area contributed by atoms with Crippen molar-refractivity contribution in [2.45, 2.75) is 125 Å². The topological polar surface area (TPSA) is 524 Å². The summed E-state index contributed by atoms with van der Waals surface area (Å²) in [4.78, 5) is 101. The second-order valence-corrected chi connectivity index (χ2v) is 33.4. The molecule has 3 aromatic heterocycles. The number of phosphoric acid groups is 2. The number of aromatic nitrogens is 3. The molecule has 0 fully saturated rings. The number of hydrogen-bond acceptors (Lipinski definition) is 30. The number of ether oxygens (including phenoxy) is 3. The third-order valence-corrected chi connectivity index (χ3v) is 22.5. The van der Waals surface area contributed by atoms with Gasteiger partial charge in [0, 0.05) is 86.9 Å². The fraction of sp³-hybridized carbons (Fsp3) is 0.386. The van der Waals surface area contributed by atoms with E-state index in [1.54, 1.807) is 64.1 Å². The van der Waals surface area contributed by atoms with Crippen LogP contribution < -0.4 is 101 Å². The molecule has 3 heterocycles. The van der Waals surface area contributed by atoms with Crippen molar-refractivity contribution < 1.29 is 200 Å². The molecule has 9 amide bonds. The van der Waals surface area contributed by atoms with Crippen LogP contribution in [0, 0.1) is 17.5 Å². The van der Waals surface area contributed by atoms with Gasteiger partial charge >= 0.3 is 110 Å². The Morgan fingerprint density at radius 3 is 0.956 bits per heavy atom. The van der Waals surface area contributed by atoms with Gasteiger partial charge in [-0.3, -0.25) is 38.6 Å². The van der Waals surface area contributed by atoms with Crippen molar-refractivity contribution in [1.82, 2.24) is 46.1 Å². The summed E-state index contributed by atoms with van der Waals surface area (Å²) < 4.78 is 135. The Bertz CT molecular complexity index is 5170. The van der Waals surface area contributed by atoms with Gasteiger partial charge in [-0.1, -0.05) is 200 Å². The van der Waals surface area contributed by atoms with Crippen LogP contribution in [0.4, 0.5) is 59.6 Å². The van der Waals surface area contributed by atoms with Crippen molar-refractivity contribution >= 4 is 163 Å². The van der Waals surface area contributed by atoms with E-state index in [1.165, 1.54) is 85.5 Å². The fourth-order valence-electron chi connectivity index (χ4n) is 10.9. The number of anilines is 3. The van der Waals surface area contributed by atoms with Crippen molar-refractivity contribution in [1.29, 1.82) is 0 Å². The van der Waals surface area contributed by atoms with Gasteiger partial charge in [0.2, 0.25) is 17.7 Å². The maximum Gasteiger partial charge on any atom is 1.00 e. The summed E-state index contributed by atoms with van der Waals surface area (Å²) in [5, 5.41) is 66.2. The number of nitrogens with zero attached hydrogens (tertiary/aromatic N) is 6. The fourth-order valence-corrected chi connectivity index (χ4v) is 14.3. The van der Waals surface area contributed by atoms with E-state index >= 15 is 0 Å². The second-order valence-electron chi connectivity index (χ2n) is 26.8. The molecule has 9 rings (SSSR count). The molecule has 6 aromatic carbocycles. The van der Waals surface area contributed by atoms with Gasteiger partial charge < -0.3 is 97.7 Å². The molecular formula is C83H114Cl4F3N12Na2O27P3S3. The van der Waals surface area contributed by atoms with Crippen molar-refractivity contribution in [2.75, 3.05) is 103 Å². The molecule has 0 radical (unpaired) electrons. The molecule has 0 aliphatic carbocycles. The first-order chi connectivity index (χ1) is 61.4. The standard InChI is InChI=1S/C28H35ClFN4O9P.C24H27ClFN4O9P.C24H26ClFN4O6.C4H10ClO3P.3CH4.2Na.3H2S/c1-4-40-44(38,41-5-2)42-18-22(35)14-21(34(3)27(36)31-16-20-12-9-13-23(30)26(20)29)17-39-28(37)32-25-15-24(33-43-25)19-10-7-6-8-11-19;1-30(23(32)27-12-16-8-5-9-19(26)22(16)25)17(10-18(31)14-38-40(34,35)36)13-37-24(33)28-21-11-20(29-39-21)15-6-3-2-4-7-15;1-30(23(33)27-12-16-8-5-9-19(26)22(16)25)17(10-18(32)13-31)14-35-24(34)28-21-11-20(29-36-21)15-6-3-2-4-7-15;1-3-7-9(5,6)8-4-2;;;;;;;;/h6-13,15,21-22,35H,4-5,14,16-18H2,1-3H3,(H,31,36)(H,32,37);2-9,11,17-18,31H,10,12-14H2,1H3,(H,27,32)(H,28,33)(H2,34,35,36);2-9,11,17-18,31-32H,10,12-14H2,1H3,(H,27,33)(H,28,34);3-4H2,1-2H3;3*1H4;;;3*1H2/q;;;;;;;2*+1;;;/p-2/t21-,22+;2*17-,18+;;;;;;;;;/m000........./s1. The summed E-state index contributed by atoms with van der Waals surface area (Å²) >= 11 is 23.1. The summed E-state index contributed by atoms with van der Waals surface area (Å²) in [7, 11) is -5.11. The molecule has 9 aromatic rings. The van der Waals surface area contributed by atoms with Gasteiger partial charge in [-0.15, -0.1) is 0 Å². The van der Waals surface area contributed by atoms with Crippen LogP contribution in [-0.2, 0) is 74.7 Å². The van der Waals surface area contributed by atoms with E-state index in [4.69, 9.17) is 87.4 Å². The van der Waals surface area contributed by atoms with E-state index in [9.17, 15) is 85.8 Å². The second kappa shape index (κ2) is 69.6. The van der Waals surface area contributed by atoms with Gasteiger partial charge in [-0.2, -0.15) is 40.5 Å². The van der Waals surface area contributed by atoms with E-state index in [0.29, 0.717) is 47.0 Å². The van der Waals surface area contributed by atoms with E-state index in [-0.39, 0.29) is 220 Å². The average molecular weight is 2150 g/mol. The smallest absolute Gasteiger partial charge is 0.790 e. The van der Waals surface area contributed by atoms with E-state index in [1.807, 2.05) is 66.7 Å². The third kappa shape index (κ3) is 48.9. The Morgan fingerprint density at radius 1 is 0.423 bits per heavy atom. The molecule has 0 saturated carbocycles. The number of likely N-dealkylation sites (N-methyl/N-ethyl adjacent to an activating group) is 3. The Hall–Kier alpha value is -7.22. The van der Waals surface area contributed by atoms with Gasteiger partial charge in [0.25, 0.3) is 0 Å². The van der Waals surface area contributed by atoms with Crippen molar-refractivity contribution in [3.63, 3.8) is 0 Å². The molecule has 6 atom stereocenters. The van der Waals surface area contributed by atoms with Gasteiger partial charge in [-0.05, 0) is 81.8 Å². The molecule has 0 bridgehead atoms. The minimum atomic E-state index is -5.36. The van der Waals surface area contributed by atoms with Gasteiger partial charge in [0.1, 0.15) is 54.4 Å². The van der Waals surface area contributed by atoms with Crippen LogP contribution >= 0.6 is 109 Å². The van der Waals surface area contributed by atoms with Crippen LogP contribution in [0.15, 0.2) is 177 Å². The van der Waals surface area contributed by atoms with Crippen LogP contribution in [0.3, 0.4) is 0 Å². The molecule has 0 saturated heterocycles. The number of amides is 9. The zero-order valence-electron chi connectivity index (χ0n) is 73.7. The largest absolute Gasteiger partial charge is 1.00 e.